The van der Waals surface area contributed by atoms with Crippen molar-refractivity contribution in [1.29, 1.82) is 0 Å². The monoisotopic (exact) mass is 480 g/mol. The van der Waals surface area contributed by atoms with Crippen molar-refractivity contribution in [1.82, 2.24) is 10.6 Å². The van der Waals surface area contributed by atoms with Crippen molar-refractivity contribution < 1.29 is 29.0 Å². The molecule has 0 aliphatic heterocycles. The summed E-state index contributed by atoms with van der Waals surface area (Å²) in [4.78, 5) is 38.2. The van der Waals surface area contributed by atoms with Crippen molar-refractivity contribution in [2.24, 2.45) is 0 Å². The lowest BCUT2D eigenvalue weighted by Crippen LogP contribution is -2.66. The summed E-state index contributed by atoms with van der Waals surface area (Å²) >= 11 is 0. The average Bonchev–Trinajstić information content (AvgIpc) is 3.46. The fraction of sp³-hybridized carbons (Fsp3) is 0.444. The second-order valence-electron chi connectivity index (χ2n) is 9.37. The van der Waals surface area contributed by atoms with Crippen LogP contribution in [-0.4, -0.2) is 54.5 Å². The summed E-state index contributed by atoms with van der Waals surface area (Å²) in [5.74, 6) is -1.76. The van der Waals surface area contributed by atoms with Crippen LogP contribution in [0.4, 0.5) is 4.79 Å². The standard InChI is InChI=1S/C27H32N2O6/c1-3-26(17-34-2,23(30)28-27(24(31)32)14-8-9-15-27)29-25(33)35-16-22-20-12-6-4-10-18(20)19-11-5-7-13-21(19)22/h4-7,10-13,22H,3,8-9,14-17H2,1-2H3,(H,28,30)(H,29,33)(H,31,32). The largest absolute Gasteiger partial charge is 0.480 e. The zero-order valence-electron chi connectivity index (χ0n) is 20.1. The van der Waals surface area contributed by atoms with Gasteiger partial charge in [-0.25, -0.2) is 9.59 Å². The van der Waals surface area contributed by atoms with Gasteiger partial charge in [-0.3, -0.25) is 4.79 Å². The van der Waals surface area contributed by atoms with E-state index in [0.717, 1.165) is 35.1 Å². The number of carbonyl (C=O) groups excluding carboxylic acids is 2. The quantitative estimate of drug-likeness (QED) is 0.503. The molecule has 0 bridgehead atoms. The van der Waals surface area contributed by atoms with Gasteiger partial charge in [0.25, 0.3) is 0 Å². The van der Waals surface area contributed by atoms with Gasteiger partial charge in [0.15, 0.2) is 0 Å². The smallest absolute Gasteiger partial charge is 0.408 e. The van der Waals surface area contributed by atoms with Crippen LogP contribution >= 0.6 is 0 Å². The Morgan fingerprint density at radius 2 is 1.60 bits per heavy atom. The number of nitrogens with one attached hydrogen (secondary N) is 2. The lowest BCUT2D eigenvalue weighted by atomic mass is 9.91. The van der Waals surface area contributed by atoms with Crippen molar-refractivity contribution in [3.8, 4) is 11.1 Å². The number of hydrogen-bond acceptors (Lipinski definition) is 5. The van der Waals surface area contributed by atoms with Gasteiger partial charge in [0, 0.05) is 13.0 Å². The van der Waals surface area contributed by atoms with E-state index in [4.69, 9.17) is 9.47 Å². The zero-order valence-corrected chi connectivity index (χ0v) is 20.1. The van der Waals surface area contributed by atoms with Gasteiger partial charge in [-0.05, 0) is 41.5 Å². The Bertz CT molecular complexity index is 1060. The lowest BCUT2D eigenvalue weighted by Gasteiger charge is -2.35. The highest BCUT2D eigenvalue weighted by molar-refractivity contribution is 5.94. The molecule has 186 valence electrons. The van der Waals surface area contributed by atoms with E-state index in [-0.39, 0.29) is 25.6 Å². The van der Waals surface area contributed by atoms with Crippen LogP contribution in [0.5, 0.6) is 0 Å². The van der Waals surface area contributed by atoms with Crippen LogP contribution < -0.4 is 10.6 Å². The highest BCUT2D eigenvalue weighted by Crippen LogP contribution is 2.44. The maximum atomic E-state index is 13.4. The van der Waals surface area contributed by atoms with E-state index in [2.05, 4.69) is 22.8 Å². The molecule has 0 spiro atoms. The molecule has 35 heavy (non-hydrogen) atoms. The highest BCUT2D eigenvalue weighted by Gasteiger charge is 2.48. The number of ether oxygens (including phenoxy) is 2. The van der Waals surface area contributed by atoms with E-state index < -0.39 is 29.0 Å². The van der Waals surface area contributed by atoms with E-state index in [9.17, 15) is 19.5 Å². The first-order valence-electron chi connectivity index (χ1n) is 12.0. The predicted molar refractivity (Wildman–Crippen MR) is 130 cm³/mol. The molecule has 8 heteroatoms. The fourth-order valence-corrected chi connectivity index (χ4v) is 5.29. The minimum atomic E-state index is -1.46. The number of methoxy groups -OCH3 is 1. The Kier molecular flexibility index (Phi) is 7.12. The molecule has 0 saturated heterocycles. The van der Waals surface area contributed by atoms with Crippen LogP contribution in [0, 0.1) is 0 Å². The van der Waals surface area contributed by atoms with Gasteiger partial charge in [0.05, 0.1) is 6.61 Å². The van der Waals surface area contributed by atoms with Gasteiger partial charge in [0.2, 0.25) is 5.91 Å². The number of carbonyl (C=O) groups is 3. The SMILES string of the molecule is CCC(COC)(NC(=O)OCC1c2ccccc2-c2ccccc21)C(=O)NC1(C(=O)O)CCCC1. The molecule has 2 aromatic rings. The predicted octanol–water partition coefficient (Wildman–Crippen LogP) is 3.83. The van der Waals surface area contributed by atoms with E-state index in [1.165, 1.54) is 7.11 Å². The molecule has 2 aromatic carbocycles. The minimum absolute atomic E-state index is 0.104. The summed E-state index contributed by atoms with van der Waals surface area (Å²) in [6.07, 6.45) is 1.59. The molecule has 1 unspecified atom stereocenters. The number of carboxylic acids is 1. The third-order valence-corrected chi connectivity index (χ3v) is 7.33. The number of rotatable bonds is 9. The first-order valence-corrected chi connectivity index (χ1v) is 12.0. The molecular weight excluding hydrogens is 448 g/mol. The topological polar surface area (TPSA) is 114 Å². The number of alkyl carbamates (subject to hydrolysis) is 1. The van der Waals surface area contributed by atoms with Crippen LogP contribution in [0.15, 0.2) is 48.5 Å². The summed E-state index contributed by atoms with van der Waals surface area (Å²) in [5.41, 5.74) is 1.63. The van der Waals surface area contributed by atoms with E-state index in [1.54, 1.807) is 6.92 Å². The molecule has 1 atom stereocenters. The molecule has 1 fully saturated rings. The Labute approximate surface area is 205 Å². The molecule has 3 N–H and O–H groups in total. The first-order chi connectivity index (χ1) is 16.9. The fourth-order valence-electron chi connectivity index (χ4n) is 5.29. The molecule has 2 aliphatic rings. The molecule has 1 saturated carbocycles. The lowest BCUT2D eigenvalue weighted by molar-refractivity contribution is -0.149. The second kappa shape index (κ2) is 10.1. The van der Waals surface area contributed by atoms with Gasteiger partial charge in [-0.15, -0.1) is 0 Å². The van der Waals surface area contributed by atoms with Gasteiger partial charge in [0.1, 0.15) is 17.7 Å². The van der Waals surface area contributed by atoms with Crippen molar-refractivity contribution in [3.05, 3.63) is 59.7 Å². The number of aliphatic carboxylic acids is 1. The average molecular weight is 481 g/mol. The highest BCUT2D eigenvalue weighted by atomic mass is 16.5. The molecule has 0 aromatic heterocycles. The maximum Gasteiger partial charge on any atom is 0.408 e. The maximum absolute atomic E-state index is 13.4. The first kappa shape index (κ1) is 24.7. The third-order valence-electron chi connectivity index (χ3n) is 7.33. The van der Waals surface area contributed by atoms with Gasteiger partial charge in [-0.2, -0.15) is 0 Å². The molecule has 4 rings (SSSR count). The van der Waals surface area contributed by atoms with Crippen molar-refractivity contribution in [2.75, 3.05) is 20.3 Å². The normalized spacial score (nSPS) is 17.7. The van der Waals surface area contributed by atoms with Crippen LogP contribution in [0.3, 0.4) is 0 Å². The summed E-state index contributed by atoms with van der Waals surface area (Å²) in [5, 5.41) is 15.2. The Balaban J connectivity index is 1.49. The van der Waals surface area contributed by atoms with Crippen molar-refractivity contribution in [3.63, 3.8) is 0 Å². The Morgan fingerprint density at radius 1 is 1.03 bits per heavy atom. The number of fused-ring (bicyclic) bond motifs is 3. The number of benzene rings is 2. The van der Waals surface area contributed by atoms with Crippen LogP contribution in [-0.2, 0) is 19.1 Å². The van der Waals surface area contributed by atoms with E-state index >= 15 is 0 Å². The Hall–Kier alpha value is -3.39. The molecule has 0 heterocycles. The van der Waals surface area contributed by atoms with Crippen LogP contribution in [0.1, 0.15) is 56.1 Å². The van der Waals surface area contributed by atoms with Crippen LogP contribution in [0.25, 0.3) is 11.1 Å². The number of carboxylic acid groups (broad SMARTS) is 1. The van der Waals surface area contributed by atoms with Crippen molar-refractivity contribution >= 4 is 18.0 Å². The van der Waals surface area contributed by atoms with Gasteiger partial charge >= 0.3 is 12.1 Å². The summed E-state index contributed by atoms with van der Waals surface area (Å²) in [6, 6.07) is 16.1. The molecule has 0 radical (unpaired) electrons. The minimum Gasteiger partial charge on any atom is -0.480 e. The molecule has 2 amide bonds. The van der Waals surface area contributed by atoms with E-state index in [0.29, 0.717) is 12.8 Å². The second-order valence-corrected chi connectivity index (χ2v) is 9.37. The Morgan fingerprint density at radius 3 is 2.11 bits per heavy atom. The summed E-state index contributed by atoms with van der Waals surface area (Å²) < 4.78 is 10.9. The summed E-state index contributed by atoms with van der Waals surface area (Å²) in [6.45, 7) is 1.73. The third kappa shape index (κ3) is 4.62. The van der Waals surface area contributed by atoms with Gasteiger partial charge < -0.3 is 25.2 Å². The molecule has 2 aliphatic carbocycles. The molecular formula is C27H32N2O6. The van der Waals surface area contributed by atoms with Crippen LogP contribution in [0.2, 0.25) is 0 Å². The van der Waals surface area contributed by atoms with E-state index in [1.807, 2.05) is 36.4 Å². The number of hydrogen-bond donors (Lipinski definition) is 3. The summed E-state index contributed by atoms with van der Waals surface area (Å²) in [7, 11) is 1.43. The van der Waals surface area contributed by atoms with Gasteiger partial charge in [-0.1, -0.05) is 68.3 Å². The zero-order chi connectivity index (χ0) is 25.1. The van der Waals surface area contributed by atoms with Crippen molar-refractivity contribution in [2.45, 2.75) is 56.0 Å². The molecule has 8 nitrogen and oxygen atoms in total. The number of amides is 2.